The molecule has 0 radical (unpaired) electrons. The highest BCUT2D eigenvalue weighted by Crippen LogP contribution is 2.50. The molecule has 2 aliphatic rings. The first kappa shape index (κ1) is 10.0. The number of hydrogen-bond acceptors (Lipinski definition) is 1. The van der Waals surface area contributed by atoms with Crippen molar-refractivity contribution in [3.63, 3.8) is 0 Å². The first-order valence-electron chi connectivity index (χ1n) is 5.11. The highest BCUT2D eigenvalue weighted by Gasteiger charge is 2.46. The van der Waals surface area contributed by atoms with Crippen LogP contribution in [0.15, 0.2) is 18.2 Å². The Morgan fingerprint density at radius 2 is 2.07 bits per heavy atom. The third kappa shape index (κ3) is 1.35. The molecule has 0 aromatic heterocycles. The Morgan fingerprint density at radius 3 is 2.79 bits per heavy atom. The van der Waals surface area contributed by atoms with Gasteiger partial charge in [0.05, 0.1) is 0 Å². The van der Waals surface area contributed by atoms with Crippen molar-refractivity contribution in [1.82, 2.24) is 5.32 Å². The first-order valence-corrected chi connectivity index (χ1v) is 5.11. The second-order valence-electron chi connectivity index (χ2n) is 4.54. The molecule has 1 fully saturated rings. The van der Waals surface area contributed by atoms with Crippen LogP contribution in [0.5, 0.6) is 0 Å². The van der Waals surface area contributed by atoms with Gasteiger partial charge in [0.15, 0.2) is 0 Å². The zero-order chi connectivity index (χ0) is 8.89. The van der Waals surface area contributed by atoms with E-state index < -0.39 is 0 Å². The number of fused-ring (bicyclic) bond motifs is 2. The standard InChI is InChI=1S/C12H15N.ClH/c1-9-2-3-11-10(6-9)7-13-8-12(11)4-5-12;/h2-3,6,13H,4-5,7-8H2,1H3;1H. The van der Waals surface area contributed by atoms with Crippen LogP contribution in [0.1, 0.15) is 29.5 Å². The van der Waals surface area contributed by atoms with Crippen molar-refractivity contribution < 1.29 is 0 Å². The molecule has 1 N–H and O–H groups in total. The summed E-state index contributed by atoms with van der Waals surface area (Å²) in [6, 6.07) is 6.93. The lowest BCUT2D eigenvalue weighted by atomic mass is 9.87. The molecule has 1 spiro atoms. The molecule has 2 heteroatoms. The van der Waals surface area contributed by atoms with Crippen molar-refractivity contribution in [1.29, 1.82) is 0 Å². The Labute approximate surface area is 91.3 Å². The average Bonchev–Trinajstić information content (AvgIpc) is 2.86. The molecule has 0 atom stereocenters. The number of benzene rings is 1. The number of rotatable bonds is 0. The van der Waals surface area contributed by atoms with E-state index in [1.807, 2.05) is 0 Å². The van der Waals surface area contributed by atoms with Gasteiger partial charge < -0.3 is 5.32 Å². The predicted octanol–water partition coefficient (Wildman–Crippen LogP) is 2.55. The molecule has 1 aliphatic heterocycles. The molecule has 0 unspecified atom stereocenters. The molecule has 3 rings (SSSR count). The fraction of sp³-hybridized carbons (Fsp3) is 0.500. The van der Waals surface area contributed by atoms with Crippen LogP contribution in [-0.4, -0.2) is 6.54 Å². The molecule has 1 aromatic carbocycles. The molecular formula is C12H16ClN. The van der Waals surface area contributed by atoms with Crippen LogP contribution >= 0.6 is 12.4 Å². The van der Waals surface area contributed by atoms with Crippen molar-refractivity contribution in [2.24, 2.45) is 0 Å². The van der Waals surface area contributed by atoms with Crippen molar-refractivity contribution in [3.8, 4) is 0 Å². The summed E-state index contributed by atoms with van der Waals surface area (Å²) in [6.45, 7) is 4.44. The predicted molar refractivity (Wildman–Crippen MR) is 61.0 cm³/mol. The summed E-state index contributed by atoms with van der Waals surface area (Å²) in [5.41, 5.74) is 5.08. The molecular weight excluding hydrogens is 194 g/mol. The molecule has 1 saturated carbocycles. The van der Waals surface area contributed by atoms with E-state index in [-0.39, 0.29) is 12.4 Å². The topological polar surface area (TPSA) is 12.0 Å². The molecule has 0 bridgehead atoms. The van der Waals surface area contributed by atoms with Crippen LogP contribution in [-0.2, 0) is 12.0 Å². The second-order valence-corrected chi connectivity index (χ2v) is 4.54. The lowest BCUT2D eigenvalue weighted by Crippen LogP contribution is -2.33. The third-order valence-corrected chi connectivity index (χ3v) is 3.46. The summed E-state index contributed by atoms with van der Waals surface area (Å²) in [4.78, 5) is 0. The molecule has 76 valence electrons. The number of nitrogens with one attached hydrogen (secondary N) is 1. The van der Waals surface area contributed by atoms with Crippen LogP contribution in [0.25, 0.3) is 0 Å². The van der Waals surface area contributed by atoms with Gasteiger partial charge in [0.1, 0.15) is 0 Å². The highest BCUT2D eigenvalue weighted by molar-refractivity contribution is 5.85. The van der Waals surface area contributed by atoms with Gasteiger partial charge in [-0.2, -0.15) is 0 Å². The first-order chi connectivity index (χ1) is 6.30. The normalized spacial score (nSPS) is 21.2. The van der Waals surface area contributed by atoms with E-state index in [0.29, 0.717) is 5.41 Å². The summed E-state index contributed by atoms with van der Waals surface area (Å²) in [5.74, 6) is 0. The third-order valence-electron chi connectivity index (χ3n) is 3.46. The minimum absolute atomic E-state index is 0. The zero-order valence-corrected chi connectivity index (χ0v) is 9.29. The Balaban J connectivity index is 0.000000750. The fourth-order valence-corrected chi connectivity index (χ4v) is 2.51. The smallest absolute Gasteiger partial charge is 0.0208 e. The van der Waals surface area contributed by atoms with E-state index >= 15 is 0 Å². The fourth-order valence-electron chi connectivity index (χ4n) is 2.51. The summed E-state index contributed by atoms with van der Waals surface area (Å²) in [6.07, 6.45) is 2.77. The quantitative estimate of drug-likeness (QED) is 0.693. The van der Waals surface area contributed by atoms with Crippen molar-refractivity contribution in [3.05, 3.63) is 34.9 Å². The SMILES string of the molecule is Cc1ccc2c(c1)CNCC21CC1.Cl. The van der Waals surface area contributed by atoms with E-state index in [1.54, 1.807) is 5.56 Å². The average molecular weight is 210 g/mol. The lowest BCUT2D eigenvalue weighted by molar-refractivity contribution is 0.531. The Bertz CT molecular complexity index is 355. The minimum Gasteiger partial charge on any atom is -0.312 e. The van der Waals surface area contributed by atoms with Gasteiger partial charge in [0.25, 0.3) is 0 Å². The summed E-state index contributed by atoms with van der Waals surface area (Å²) in [5, 5.41) is 3.52. The number of hydrogen-bond donors (Lipinski definition) is 1. The van der Waals surface area contributed by atoms with Crippen molar-refractivity contribution >= 4 is 12.4 Å². The molecule has 1 nitrogen and oxygen atoms in total. The van der Waals surface area contributed by atoms with E-state index in [4.69, 9.17) is 0 Å². The molecule has 1 aromatic rings. The van der Waals surface area contributed by atoms with Crippen molar-refractivity contribution in [2.45, 2.75) is 31.7 Å². The lowest BCUT2D eigenvalue weighted by Gasteiger charge is -2.26. The van der Waals surface area contributed by atoms with Crippen LogP contribution < -0.4 is 5.32 Å². The largest absolute Gasteiger partial charge is 0.312 e. The van der Waals surface area contributed by atoms with Gasteiger partial charge in [-0.1, -0.05) is 23.8 Å². The van der Waals surface area contributed by atoms with Gasteiger partial charge in [-0.3, -0.25) is 0 Å². The maximum atomic E-state index is 3.52. The van der Waals surface area contributed by atoms with Crippen LogP contribution in [0, 0.1) is 6.92 Å². The van der Waals surface area contributed by atoms with Gasteiger partial charge in [0, 0.05) is 18.5 Å². The van der Waals surface area contributed by atoms with Gasteiger partial charge in [-0.15, -0.1) is 12.4 Å². The Hall–Kier alpha value is -0.530. The maximum Gasteiger partial charge on any atom is 0.0208 e. The summed E-state index contributed by atoms with van der Waals surface area (Å²) in [7, 11) is 0. The van der Waals surface area contributed by atoms with Gasteiger partial charge in [0.2, 0.25) is 0 Å². The zero-order valence-electron chi connectivity index (χ0n) is 8.47. The van der Waals surface area contributed by atoms with E-state index in [1.165, 1.54) is 30.5 Å². The van der Waals surface area contributed by atoms with Crippen LogP contribution in [0.2, 0.25) is 0 Å². The molecule has 1 aliphatic carbocycles. The van der Waals surface area contributed by atoms with E-state index in [9.17, 15) is 0 Å². The van der Waals surface area contributed by atoms with Crippen molar-refractivity contribution in [2.75, 3.05) is 6.54 Å². The Kier molecular flexibility index (Phi) is 2.32. The van der Waals surface area contributed by atoms with Gasteiger partial charge in [-0.25, -0.2) is 0 Å². The summed E-state index contributed by atoms with van der Waals surface area (Å²) < 4.78 is 0. The van der Waals surface area contributed by atoms with Gasteiger partial charge >= 0.3 is 0 Å². The van der Waals surface area contributed by atoms with Gasteiger partial charge in [-0.05, 0) is 30.9 Å². The molecule has 0 saturated heterocycles. The number of halogens is 1. The Morgan fingerprint density at radius 1 is 1.29 bits per heavy atom. The monoisotopic (exact) mass is 209 g/mol. The van der Waals surface area contributed by atoms with E-state index in [2.05, 4.69) is 30.4 Å². The summed E-state index contributed by atoms with van der Waals surface area (Å²) >= 11 is 0. The molecule has 0 amide bonds. The minimum atomic E-state index is 0. The molecule has 14 heavy (non-hydrogen) atoms. The van der Waals surface area contributed by atoms with Crippen LogP contribution in [0.4, 0.5) is 0 Å². The molecule has 1 heterocycles. The van der Waals surface area contributed by atoms with Crippen LogP contribution in [0.3, 0.4) is 0 Å². The van der Waals surface area contributed by atoms with E-state index in [0.717, 1.165) is 6.54 Å². The highest BCUT2D eigenvalue weighted by atomic mass is 35.5. The number of aryl methyl sites for hydroxylation is 1. The maximum absolute atomic E-state index is 3.52. The second kappa shape index (κ2) is 3.25.